The molecule has 0 bridgehead atoms. The van der Waals surface area contributed by atoms with Crippen molar-refractivity contribution in [2.24, 2.45) is 0 Å². The topological polar surface area (TPSA) is 68.0 Å². The minimum absolute atomic E-state index is 0.198. The monoisotopic (exact) mass is 292 g/mol. The molecule has 0 aliphatic rings. The van der Waals surface area contributed by atoms with Gasteiger partial charge in [-0.15, -0.1) is 4.74 Å². The quantitative estimate of drug-likeness (QED) is 0.729. The Morgan fingerprint density at radius 3 is 2.14 bits per heavy atom. The molecular formula is C17H12N2O3. The summed E-state index contributed by atoms with van der Waals surface area (Å²) in [6, 6.07) is 17.1. The number of H-pyrrole nitrogens is 1. The van der Waals surface area contributed by atoms with Gasteiger partial charge in [0, 0.05) is 11.1 Å². The van der Waals surface area contributed by atoms with Crippen molar-refractivity contribution in [3.8, 4) is 11.8 Å². The average molecular weight is 292 g/mol. The standard InChI is InChI=1S/C17H12N2O3/c20-16-18-17(21)22-19(16)12-15-10-8-14(9-11-15)7-6-13-4-2-1-3-5-13/h1-5,8-11H,12H2,(H,18,20,21). The predicted molar refractivity (Wildman–Crippen MR) is 81.6 cm³/mol. The molecule has 3 rings (SSSR count). The molecule has 0 saturated heterocycles. The SMILES string of the molecule is O=c1[nH]c(=O)n(Cc2ccc(C#Cc3ccccc3)cc2)o1. The molecule has 5 heteroatoms. The van der Waals surface area contributed by atoms with Crippen LogP contribution in [0.3, 0.4) is 0 Å². The second kappa shape index (κ2) is 6.02. The smallest absolute Gasteiger partial charge is 0.317 e. The number of benzene rings is 2. The maximum atomic E-state index is 11.4. The van der Waals surface area contributed by atoms with Gasteiger partial charge in [0.15, 0.2) is 0 Å². The van der Waals surface area contributed by atoms with Crippen molar-refractivity contribution in [2.75, 3.05) is 0 Å². The van der Waals surface area contributed by atoms with Gasteiger partial charge < -0.3 is 4.52 Å². The van der Waals surface area contributed by atoms with Gasteiger partial charge in [-0.25, -0.2) is 14.6 Å². The molecule has 0 aliphatic heterocycles. The molecule has 1 heterocycles. The summed E-state index contributed by atoms with van der Waals surface area (Å²) in [5.74, 6) is 5.39. The van der Waals surface area contributed by atoms with Gasteiger partial charge in [-0.3, -0.25) is 0 Å². The summed E-state index contributed by atoms with van der Waals surface area (Å²) in [6.07, 6.45) is 0. The maximum Gasteiger partial charge on any atom is 0.440 e. The second-order valence-electron chi connectivity index (χ2n) is 4.66. The van der Waals surface area contributed by atoms with Gasteiger partial charge in [0.25, 0.3) is 0 Å². The highest BCUT2D eigenvalue weighted by atomic mass is 16.5. The zero-order chi connectivity index (χ0) is 15.4. The van der Waals surface area contributed by atoms with E-state index in [9.17, 15) is 9.59 Å². The summed E-state index contributed by atoms with van der Waals surface area (Å²) >= 11 is 0. The fourth-order valence-corrected chi connectivity index (χ4v) is 1.94. The Bertz CT molecular complexity index is 936. The normalized spacial score (nSPS) is 10.0. The maximum absolute atomic E-state index is 11.4. The van der Waals surface area contributed by atoms with Crippen LogP contribution in [-0.2, 0) is 6.54 Å². The summed E-state index contributed by atoms with van der Waals surface area (Å²) in [6.45, 7) is 0.198. The third-order valence-electron chi connectivity index (χ3n) is 3.03. The Kier molecular flexibility index (Phi) is 3.75. The van der Waals surface area contributed by atoms with Crippen LogP contribution in [0.5, 0.6) is 0 Å². The van der Waals surface area contributed by atoms with E-state index in [1.165, 1.54) is 0 Å². The molecule has 0 unspecified atom stereocenters. The lowest BCUT2D eigenvalue weighted by atomic mass is 10.1. The summed E-state index contributed by atoms with van der Waals surface area (Å²) in [7, 11) is 0. The molecule has 0 radical (unpaired) electrons. The first-order valence-electron chi connectivity index (χ1n) is 6.67. The third kappa shape index (κ3) is 3.25. The van der Waals surface area contributed by atoms with Gasteiger partial charge in [-0.1, -0.05) is 42.2 Å². The molecule has 1 aromatic heterocycles. The first-order chi connectivity index (χ1) is 10.7. The molecule has 3 aromatic rings. The van der Waals surface area contributed by atoms with E-state index >= 15 is 0 Å². The summed E-state index contributed by atoms with van der Waals surface area (Å²) < 4.78 is 5.70. The van der Waals surface area contributed by atoms with Crippen LogP contribution >= 0.6 is 0 Å². The van der Waals surface area contributed by atoms with Gasteiger partial charge in [0.1, 0.15) is 0 Å². The fourth-order valence-electron chi connectivity index (χ4n) is 1.94. The van der Waals surface area contributed by atoms with Crippen molar-refractivity contribution in [3.05, 3.63) is 92.3 Å². The number of nitrogens with zero attached hydrogens (tertiary/aromatic N) is 1. The van der Waals surface area contributed by atoms with Crippen molar-refractivity contribution in [3.63, 3.8) is 0 Å². The molecule has 0 atom stereocenters. The van der Waals surface area contributed by atoms with E-state index in [1.54, 1.807) is 0 Å². The number of hydrogen-bond donors (Lipinski definition) is 1. The molecule has 0 aliphatic carbocycles. The molecule has 0 fully saturated rings. The van der Waals surface area contributed by atoms with Crippen LogP contribution in [0.1, 0.15) is 16.7 Å². The Morgan fingerprint density at radius 1 is 0.909 bits per heavy atom. The van der Waals surface area contributed by atoms with Gasteiger partial charge in [-0.2, -0.15) is 0 Å². The van der Waals surface area contributed by atoms with E-state index in [2.05, 4.69) is 11.8 Å². The molecule has 5 nitrogen and oxygen atoms in total. The largest absolute Gasteiger partial charge is 0.440 e. The zero-order valence-electron chi connectivity index (χ0n) is 11.6. The van der Waals surface area contributed by atoms with Crippen molar-refractivity contribution in [1.29, 1.82) is 0 Å². The zero-order valence-corrected chi connectivity index (χ0v) is 11.6. The average Bonchev–Trinajstić information content (AvgIpc) is 2.85. The van der Waals surface area contributed by atoms with Crippen LogP contribution in [0.25, 0.3) is 0 Å². The number of aromatic amines is 1. The van der Waals surface area contributed by atoms with E-state index in [1.807, 2.05) is 59.6 Å². The minimum Gasteiger partial charge on any atom is -0.317 e. The molecule has 0 spiro atoms. The number of nitrogens with one attached hydrogen (secondary N) is 1. The van der Waals surface area contributed by atoms with E-state index < -0.39 is 11.4 Å². The van der Waals surface area contributed by atoms with Gasteiger partial charge in [0.2, 0.25) is 0 Å². The molecule has 0 amide bonds. The summed E-state index contributed by atoms with van der Waals surface area (Å²) in [5, 5.41) is 0. The molecule has 0 saturated carbocycles. The van der Waals surface area contributed by atoms with E-state index in [-0.39, 0.29) is 6.54 Å². The highest BCUT2D eigenvalue weighted by molar-refractivity contribution is 5.43. The van der Waals surface area contributed by atoms with Crippen LogP contribution in [0, 0.1) is 11.8 Å². The summed E-state index contributed by atoms with van der Waals surface area (Å²) in [5.41, 5.74) is 2.11. The second-order valence-corrected chi connectivity index (χ2v) is 4.66. The van der Waals surface area contributed by atoms with Gasteiger partial charge in [-0.05, 0) is 29.8 Å². The number of hydrogen-bond acceptors (Lipinski definition) is 3. The predicted octanol–water partition coefficient (Wildman–Crippen LogP) is 1.58. The molecule has 1 N–H and O–H groups in total. The van der Waals surface area contributed by atoms with Crippen LogP contribution in [-0.4, -0.2) is 9.72 Å². The van der Waals surface area contributed by atoms with Crippen molar-refractivity contribution >= 4 is 0 Å². The molecule has 22 heavy (non-hydrogen) atoms. The third-order valence-corrected chi connectivity index (χ3v) is 3.03. The Labute approximate surface area is 125 Å². The molecular weight excluding hydrogens is 280 g/mol. The first kappa shape index (κ1) is 13.7. The lowest BCUT2D eigenvalue weighted by Gasteiger charge is -1.99. The lowest BCUT2D eigenvalue weighted by molar-refractivity contribution is 0.258. The van der Waals surface area contributed by atoms with Crippen molar-refractivity contribution in [2.45, 2.75) is 6.54 Å². The summed E-state index contributed by atoms with van der Waals surface area (Å²) in [4.78, 5) is 24.3. The fraction of sp³-hybridized carbons (Fsp3) is 0.0588. The van der Waals surface area contributed by atoms with Gasteiger partial charge in [0.05, 0.1) is 6.54 Å². The van der Waals surface area contributed by atoms with E-state index in [4.69, 9.17) is 4.52 Å². The lowest BCUT2D eigenvalue weighted by Crippen LogP contribution is -2.17. The van der Waals surface area contributed by atoms with Crippen LogP contribution in [0.4, 0.5) is 0 Å². The first-order valence-corrected chi connectivity index (χ1v) is 6.67. The molecule has 108 valence electrons. The van der Waals surface area contributed by atoms with Crippen LogP contribution in [0.15, 0.2) is 68.7 Å². The van der Waals surface area contributed by atoms with E-state index in [0.717, 1.165) is 21.4 Å². The minimum atomic E-state index is -0.754. The highest BCUT2D eigenvalue weighted by Crippen LogP contribution is 2.05. The highest BCUT2D eigenvalue weighted by Gasteiger charge is 2.03. The Hall–Kier alpha value is -3.26. The Morgan fingerprint density at radius 2 is 1.55 bits per heavy atom. The van der Waals surface area contributed by atoms with Gasteiger partial charge >= 0.3 is 11.4 Å². The molecule has 2 aromatic carbocycles. The van der Waals surface area contributed by atoms with Crippen LogP contribution in [0.2, 0.25) is 0 Å². The van der Waals surface area contributed by atoms with Crippen LogP contribution < -0.4 is 11.4 Å². The number of rotatable bonds is 2. The number of aromatic nitrogens is 2. The van der Waals surface area contributed by atoms with E-state index in [0.29, 0.717) is 0 Å². The van der Waals surface area contributed by atoms with Crippen molar-refractivity contribution in [1.82, 2.24) is 9.72 Å². The Balaban J connectivity index is 1.76. The van der Waals surface area contributed by atoms with Crippen molar-refractivity contribution < 1.29 is 4.52 Å².